The highest BCUT2D eigenvalue weighted by Crippen LogP contribution is 2.39. The summed E-state index contributed by atoms with van der Waals surface area (Å²) in [6.45, 7) is 8.87. The molecule has 3 rings (SSSR count). The number of H-pyrrole nitrogens is 1. The number of nitrogens with two attached hydrogens (primary N) is 1. The number of nitrogen functional groups attached to an aromatic ring is 1. The maximum Gasteiger partial charge on any atom is 0.330 e. The molecule has 0 radical (unpaired) electrons. The van der Waals surface area contributed by atoms with Crippen molar-refractivity contribution in [1.82, 2.24) is 9.55 Å². The molecule has 1 aromatic heterocycles. The van der Waals surface area contributed by atoms with Crippen molar-refractivity contribution in [1.29, 1.82) is 0 Å². The summed E-state index contributed by atoms with van der Waals surface area (Å²) < 4.78 is 12.4. The van der Waals surface area contributed by atoms with Crippen LogP contribution in [-0.4, -0.2) is 35.2 Å². The molecule has 1 aromatic carbocycles. The van der Waals surface area contributed by atoms with Crippen molar-refractivity contribution < 1.29 is 14.3 Å². The standard InChI is InChI=1S/C21H27ClN4O5/c1-11(2)9-25(16-18(23)26(10-12(3)4)21(29)24-19(16)27)20(28)13-7-14(22)17-15(8-13)30-5-6-31-17/h7-8,11-12H,5-6,9-10,23H2,1-4H3,(H,24,27,29). The van der Waals surface area contributed by atoms with Crippen LogP contribution < -0.4 is 31.4 Å². The third-order valence-corrected chi connectivity index (χ3v) is 4.95. The number of amides is 1. The molecule has 9 nitrogen and oxygen atoms in total. The van der Waals surface area contributed by atoms with E-state index in [2.05, 4.69) is 4.98 Å². The third kappa shape index (κ3) is 4.71. The van der Waals surface area contributed by atoms with Crippen LogP contribution in [-0.2, 0) is 6.54 Å². The molecule has 0 bridgehead atoms. The van der Waals surface area contributed by atoms with Gasteiger partial charge in [0.1, 0.15) is 19.0 Å². The Hall–Kier alpha value is -2.94. The number of hydrogen-bond acceptors (Lipinski definition) is 6. The van der Waals surface area contributed by atoms with Gasteiger partial charge < -0.3 is 20.1 Å². The molecular formula is C21H27ClN4O5. The van der Waals surface area contributed by atoms with Crippen molar-refractivity contribution >= 4 is 29.0 Å². The lowest BCUT2D eigenvalue weighted by Gasteiger charge is -2.27. The number of aromatic nitrogens is 2. The molecule has 1 aliphatic rings. The summed E-state index contributed by atoms with van der Waals surface area (Å²) in [5, 5.41) is 0.233. The van der Waals surface area contributed by atoms with Crippen molar-refractivity contribution in [3.8, 4) is 11.5 Å². The number of anilines is 2. The van der Waals surface area contributed by atoms with Crippen molar-refractivity contribution in [3.63, 3.8) is 0 Å². The van der Waals surface area contributed by atoms with Gasteiger partial charge in [0, 0.05) is 18.7 Å². The fourth-order valence-electron chi connectivity index (χ4n) is 3.42. The fourth-order valence-corrected chi connectivity index (χ4v) is 3.68. The molecule has 1 aliphatic heterocycles. The van der Waals surface area contributed by atoms with E-state index in [0.717, 1.165) is 0 Å². The number of carbonyl (C=O) groups is 1. The van der Waals surface area contributed by atoms with Crippen LogP contribution in [0.4, 0.5) is 11.5 Å². The second-order valence-corrected chi connectivity index (χ2v) is 8.70. The molecule has 0 spiro atoms. The molecule has 0 atom stereocenters. The van der Waals surface area contributed by atoms with Crippen molar-refractivity contribution in [2.75, 3.05) is 30.4 Å². The zero-order valence-corrected chi connectivity index (χ0v) is 18.8. The number of fused-ring (bicyclic) bond motifs is 1. The fraction of sp³-hybridized carbons (Fsp3) is 0.476. The van der Waals surface area contributed by atoms with Crippen LogP contribution in [0.5, 0.6) is 11.5 Å². The number of rotatable bonds is 6. The highest BCUT2D eigenvalue weighted by atomic mass is 35.5. The number of benzene rings is 1. The van der Waals surface area contributed by atoms with Crippen molar-refractivity contribution in [2.45, 2.75) is 34.2 Å². The van der Waals surface area contributed by atoms with Gasteiger partial charge in [-0.1, -0.05) is 39.3 Å². The van der Waals surface area contributed by atoms with Crippen LogP contribution in [0.15, 0.2) is 21.7 Å². The SMILES string of the molecule is CC(C)CN(C(=O)c1cc(Cl)c2c(c1)OCCO2)c1c(N)n(CC(C)C)c(=O)[nH]c1=O. The van der Waals surface area contributed by atoms with Crippen LogP contribution in [0, 0.1) is 11.8 Å². The summed E-state index contributed by atoms with van der Waals surface area (Å²) in [6, 6.07) is 3.00. The maximum absolute atomic E-state index is 13.5. The Morgan fingerprint density at radius 1 is 1.19 bits per heavy atom. The number of ether oxygens (including phenoxy) is 2. The minimum Gasteiger partial charge on any atom is -0.486 e. The predicted octanol–water partition coefficient (Wildman–Crippen LogP) is 2.50. The molecule has 1 amide bonds. The number of carbonyl (C=O) groups excluding carboxylic acids is 1. The predicted molar refractivity (Wildman–Crippen MR) is 120 cm³/mol. The zero-order valence-electron chi connectivity index (χ0n) is 18.0. The van der Waals surface area contributed by atoms with Crippen molar-refractivity contribution in [3.05, 3.63) is 43.6 Å². The van der Waals surface area contributed by atoms with Gasteiger partial charge in [0.05, 0.1) is 5.02 Å². The molecule has 168 valence electrons. The lowest BCUT2D eigenvalue weighted by Crippen LogP contribution is -2.43. The van der Waals surface area contributed by atoms with E-state index in [1.165, 1.54) is 21.6 Å². The second kappa shape index (κ2) is 9.05. The van der Waals surface area contributed by atoms with Gasteiger partial charge in [-0.05, 0) is 24.0 Å². The van der Waals surface area contributed by atoms with E-state index in [4.69, 9.17) is 26.8 Å². The minimum atomic E-state index is -0.722. The number of nitrogens with one attached hydrogen (secondary N) is 1. The largest absolute Gasteiger partial charge is 0.486 e. The first-order chi connectivity index (χ1) is 14.6. The third-order valence-electron chi connectivity index (χ3n) is 4.67. The smallest absolute Gasteiger partial charge is 0.330 e. The molecule has 0 saturated heterocycles. The molecule has 3 N–H and O–H groups in total. The lowest BCUT2D eigenvalue weighted by atomic mass is 10.1. The summed E-state index contributed by atoms with van der Waals surface area (Å²) in [6.07, 6.45) is 0. The minimum absolute atomic E-state index is 0.0147. The molecule has 10 heteroatoms. The van der Waals surface area contributed by atoms with Gasteiger partial charge in [0.2, 0.25) is 0 Å². The van der Waals surface area contributed by atoms with E-state index in [1.807, 2.05) is 27.7 Å². The normalized spacial score (nSPS) is 13.0. The van der Waals surface area contributed by atoms with Crippen LogP contribution in [0.2, 0.25) is 5.02 Å². The lowest BCUT2D eigenvalue weighted by molar-refractivity contribution is 0.0982. The Bertz CT molecular complexity index is 1110. The van der Waals surface area contributed by atoms with E-state index < -0.39 is 17.2 Å². The van der Waals surface area contributed by atoms with E-state index in [9.17, 15) is 14.4 Å². The van der Waals surface area contributed by atoms with Crippen LogP contribution in [0.1, 0.15) is 38.1 Å². The molecule has 0 aliphatic carbocycles. The summed E-state index contributed by atoms with van der Waals surface area (Å²) in [5.41, 5.74) is 5.06. The number of halogens is 1. The Morgan fingerprint density at radius 2 is 1.87 bits per heavy atom. The first-order valence-electron chi connectivity index (χ1n) is 10.1. The van der Waals surface area contributed by atoms with Crippen LogP contribution in [0.3, 0.4) is 0 Å². The van der Waals surface area contributed by atoms with Gasteiger partial charge in [-0.25, -0.2) is 4.79 Å². The molecule has 0 fully saturated rings. The quantitative estimate of drug-likeness (QED) is 0.697. The van der Waals surface area contributed by atoms with E-state index in [0.29, 0.717) is 31.3 Å². The van der Waals surface area contributed by atoms with Gasteiger partial charge in [0.25, 0.3) is 11.5 Å². The topological polar surface area (TPSA) is 120 Å². The highest BCUT2D eigenvalue weighted by molar-refractivity contribution is 6.33. The molecule has 0 unspecified atom stereocenters. The number of aromatic amines is 1. The van der Waals surface area contributed by atoms with Gasteiger partial charge >= 0.3 is 5.69 Å². The second-order valence-electron chi connectivity index (χ2n) is 8.29. The van der Waals surface area contributed by atoms with Gasteiger partial charge in [0.15, 0.2) is 17.2 Å². The molecule has 2 aromatic rings. The maximum atomic E-state index is 13.5. The Balaban J connectivity index is 2.14. The monoisotopic (exact) mass is 450 g/mol. The first kappa shape index (κ1) is 22.7. The Labute approximate surface area is 184 Å². The highest BCUT2D eigenvalue weighted by Gasteiger charge is 2.28. The Morgan fingerprint density at radius 3 is 2.52 bits per heavy atom. The zero-order chi connectivity index (χ0) is 22.9. The summed E-state index contributed by atoms with van der Waals surface area (Å²) in [5.74, 6) is 0.311. The van der Waals surface area contributed by atoms with E-state index >= 15 is 0 Å². The van der Waals surface area contributed by atoms with Gasteiger partial charge in [-0.2, -0.15) is 0 Å². The summed E-state index contributed by atoms with van der Waals surface area (Å²) >= 11 is 6.30. The molecular weight excluding hydrogens is 424 g/mol. The van der Waals surface area contributed by atoms with E-state index in [1.54, 1.807) is 0 Å². The Kier molecular flexibility index (Phi) is 6.64. The van der Waals surface area contributed by atoms with Gasteiger partial charge in [-0.3, -0.25) is 19.1 Å². The van der Waals surface area contributed by atoms with E-state index in [-0.39, 0.29) is 40.5 Å². The van der Waals surface area contributed by atoms with Crippen molar-refractivity contribution in [2.24, 2.45) is 11.8 Å². The number of hydrogen-bond donors (Lipinski definition) is 2. The first-order valence-corrected chi connectivity index (χ1v) is 10.5. The molecule has 2 heterocycles. The van der Waals surface area contributed by atoms with Crippen LogP contribution in [0.25, 0.3) is 0 Å². The number of nitrogens with zero attached hydrogens (tertiary/aromatic N) is 2. The molecule has 0 saturated carbocycles. The average molecular weight is 451 g/mol. The van der Waals surface area contributed by atoms with Gasteiger partial charge in [-0.15, -0.1) is 0 Å². The average Bonchev–Trinajstić information content (AvgIpc) is 2.69. The molecule has 31 heavy (non-hydrogen) atoms. The summed E-state index contributed by atoms with van der Waals surface area (Å²) in [7, 11) is 0. The summed E-state index contributed by atoms with van der Waals surface area (Å²) in [4.78, 5) is 42.1. The van der Waals surface area contributed by atoms with Crippen LogP contribution >= 0.6 is 11.6 Å².